The molecule has 3 aromatic rings. The number of hydrogen-bond acceptors (Lipinski definition) is 6. The van der Waals surface area contributed by atoms with Crippen molar-refractivity contribution >= 4 is 17.2 Å². The normalized spacial score (nSPS) is 13.6. The first-order chi connectivity index (χ1) is 14.7. The Balaban J connectivity index is 1.27. The van der Waals surface area contributed by atoms with Crippen LogP contribution in [0.15, 0.2) is 60.1 Å². The quantitative estimate of drug-likeness (QED) is 0.521. The Morgan fingerprint density at radius 2 is 1.97 bits per heavy atom. The lowest BCUT2D eigenvalue weighted by Gasteiger charge is -2.38. The number of ether oxygens (including phenoxy) is 3. The number of benzene rings is 2. The lowest BCUT2D eigenvalue weighted by molar-refractivity contribution is -0.139. The Hall–Kier alpha value is -3.06. The summed E-state index contributed by atoms with van der Waals surface area (Å²) in [6, 6.07) is 15.8. The van der Waals surface area contributed by atoms with Gasteiger partial charge in [0.05, 0.1) is 20.2 Å². The molecule has 1 amide bonds. The van der Waals surface area contributed by atoms with E-state index >= 15 is 0 Å². The van der Waals surface area contributed by atoms with Gasteiger partial charge in [0.2, 0.25) is 5.91 Å². The zero-order valence-electron chi connectivity index (χ0n) is 16.8. The van der Waals surface area contributed by atoms with Crippen molar-refractivity contribution in [3.63, 3.8) is 0 Å². The standard InChI is InChI=1S/C23H24N2O4S/c1-27-20-9-7-17(13-21(20)28-16-18-5-3-2-4-6-18)8-10-22(26)25-14-19(15-25)29-23-24-11-12-30-23/h2-7,9,11-13,19H,8,10,14-16H2,1H3. The molecule has 0 unspecified atom stereocenters. The third-order valence-electron chi connectivity index (χ3n) is 4.97. The number of likely N-dealkylation sites (tertiary alicyclic amines) is 1. The number of carbonyl (C=O) groups excluding carboxylic acids is 1. The first kappa shape index (κ1) is 20.2. The molecule has 1 aromatic heterocycles. The smallest absolute Gasteiger partial charge is 0.273 e. The molecule has 0 spiro atoms. The van der Waals surface area contributed by atoms with Crippen LogP contribution in [0.2, 0.25) is 0 Å². The third kappa shape index (κ3) is 5.10. The van der Waals surface area contributed by atoms with Crippen LogP contribution in [0.1, 0.15) is 17.5 Å². The molecule has 2 heterocycles. The van der Waals surface area contributed by atoms with Crippen LogP contribution in [0.4, 0.5) is 0 Å². The second-order valence-electron chi connectivity index (χ2n) is 7.10. The highest BCUT2D eigenvalue weighted by Crippen LogP contribution is 2.29. The van der Waals surface area contributed by atoms with E-state index in [4.69, 9.17) is 14.2 Å². The molecule has 2 aromatic carbocycles. The van der Waals surface area contributed by atoms with Crippen LogP contribution in [-0.4, -0.2) is 42.1 Å². The average Bonchev–Trinajstić information content (AvgIpc) is 3.27. The van der Waals surface area contributed by atoms with Crippen LogP contribution in [0.25, 0.3) is 0 Å². The fourth-order valence-corrected chi connectivity index (χ4v) is 3.81. The number of methoxy groups -OCH3 is 1. The lowest BCUT2D eigenvalue weighted by atomic mass is 10.1. The molecule has 156 valence electrons. The van der Waals surface area contributed by atoms with Gasteiger partial charge in [0.1, 0.15) is 12.7 Å². The maximum Gasteiger partial charge on any atom is 0.273 e. The molecule has 1 saturated heterocycles. The van der Waals surface area contributed by atoms with Crippen molar-refractivity contribution in [3.05, 3.63) is 71.2 Å². The second-order valence-corrected chi connectivity index (χ2v) is 7.95. The van der Waals surface area contributed by atoms with Crippen LogP contribution in [0, 0.1) is 0 Å². The fraction of sp³-hybridized carbons (Fsp3) is 0.304. The highest BCUT2D eigenvalue weighted by atomic mass is 32.1. The Morgan fingerprint density at radius 3 is 2.70 bits per heavy atom. The monoisotopic (exact) mass is 424 g/mol. The predicted octanol–water partition coefficient (Wildman–Crippen LogP) is 3.95. The number of hydrogen-bond donors (Lipinski definition) is 0. The molecule has 4 rings (SSSR count). The maximum absolute atomic E-state index is 12.5. The summed E-state index contributed by atoms with van der Waals surface area (Å²) < 4.78 is 17.1. The summed E-state index contributed by atoms with van der Waals surface area (Å²) >= 11 is 1.47. The van der Waals surface area contributed by atoms with Crippen LogP contribution in [-0.2, 0) is 17.8 Å². The van der Waals surface area contributed by atoms with Gasteiger partial charge in [0, 0.05) is 18.0 Å². The number of aromatic nitrogens is 1. The summed E-state index contributed by atoms with van der Waals surface area (Å²) in [5.41, 5.74) is 2.13. The van der Waals surface area contributed by atoms with Crippen LogP contribution < -0.4 is 14.2 Å². The van der Waals surface area contributed by atoms with E-state index in [0.717, 1.165) is 11.1 Å². The minimum Gasteiger partial charge on any atom is -0.493 e. The molecule has 6 nitrogen and oxygen atoms in total. The summed E-state index contributed by atoms with van der Waals surface area (Å²) in [6.07, 6.45) is 2.86. The predicted molar refractivity (Wildman–Crippen MR) is 115 cm³/mol. The van der Waals surface area contributed by atoms with Crippen molar-refractivity contribution in [1.29, 1.82) is 0 Å². The number of carbonyl (C=O) groups is 1. The maximum atomic E-state index is 12.5. The molecule has 0 radical (unpaired) electrons. The molecule has 0 saturated carbocycles. The number of thiazole rings is 1. The van der Waals surface area contributed by atoms with Crippen molar-refractivity contribution in [2.24, 2.45) is 0 Å². The average molecular weight is 425 g/mol. The van der Waals surface area contributed by atoms with Gasteiger partial charge < -0.3 is 19.1 Å². The van der Waals surface area contributed by atoms with E-state index in [1.54, 1.807) is 13.3 Å². The molecular weight excluding hydrogens is 400 g/mol. The highest BCUT2D eigenvalue weighted by molar-refractivity contribution is 7.11. The summed E-state index contributed by atoms with van der Waals surface area (Å²) in [7, 11) is 1.63. The highest BCUT2D eigenvalue weighted by Gasteiger charge is 2.32. The van der Waals surface area contributed by atoms with Crippen LogP contribution in [0.3, 0.4) is 0 Å². The number of rotatable bonds is 9. The number of nitrogens with zero attached hydrogens (tertiary/aromatic N) is 2. The topological polar surface area (TPSA) is 60.9 Å². The molecule has 1 aliphatic rings. The lowest BCUT2D eigenvalue weighted by Crippen LogP contribution is -2.56. The van der Waals surface area contributed by atoms with E-state index < -0.39 is 0 Å². The molecule has 7 heteroatoms. The molecule has 0 N–H and O–H groups in total. The van der Waals surface area contributed by atoms with Crippen molar-refractivity contribution in [1.82, 2.24) is 9.88 Å². The van der Waals surface area contributed by atoms with Gasteiger partial charge in [0.15, 0.2) is 11.5 Å². The van der Waals surface area contributed by atoms with Gasteiger partial charge in [-0.15, -0.1) is 0 Å². The van der Waals surface area contributed by atoms with Crippen molar-refractivity contribution in [2.45, 2.75) is 25.6 Å². The van der Waals surface area contributed by atoms with E-state index in [1.807, 2.05) is 58.8 Å². The first-order valence-corrected chi connectivity index (χ1v) is 10.8. The summed E-state index contributed by atoms with van der Waals surface area (Å²) in [5.74, 6) is 1.51. The molecule has 0 atom stereocenters. The molecule has 1 fully saturated rings. The Bertz CT molecular complexity index is 957. The minimum absolute atomic E-state index is 0.0408. The van der Waals surface area contributed by atoms with Gasteiger partial charge >= 0.3 is 0 Å². The van der Waals surface area contributed by atoms with E-state index in [0.29, 0.717) is 49.2 Å². The van der Waals surface area contributed by atoms with Crippen molar-refractivity contribution in [2.75, 3.05) is 20.2 Å². The molecule has 0 aliphatic carbocycles. The number of amides is 1. The zero-order valence-corrected chi connectivity index (χ0v) is 17.6. The van der Waals surface area contributed by atoms with E-state index in [2.05, 4.69) is 4.98 Å². The van der Waals surface area contributed by atoms with Gasteiger partial charge in [-0.2, -0.15) is 0 Å². The zero-order chi connectivity index (χ0) is 20.8. The Kier molecular flexibility index (Phi) is 6.49. The third-order valence-corrected chi connectivity index (χ3v) is 5.63. The number of aryl methyl sites for hydroxylation is 1. The van der Waals surface area contributed by atoms with Crippen LogP contribution in [0.5, 0.6) is 16.7 Å². The molecule has 30 heavy (non-hydrogen) atoms. The van der Waals surface area contributed by atoms with Crippen LogP contribution >= 0.6 is 11.3 Å². The summed E-state index contributed by atoms with van der Waals surface area (Å²) in [5, 5.41) is 2.54. The van der Waals surface area contributed by atoms with Crippen molar-refractivity contribution in [3.8, 4) is 16.7 Å². The van der Waals surface area contributed by atoms with E-state index in [9.17, 15) is 4.79 Å². The SMILES string of the molecule is COc1ccc(CCC(=O)N2CC(Oc3nccs3)C2)cc1OCc1ccccc1. The second kappa shape index (κ2) is 9.63. The first-order valence-electron chi connectivity index (χ1n) is 9.89. The van der Waals surface area contributed by atoms with E-state index in [1.165, 1.54) is 11.3 Å². The van der Waals surface area contributed by atoms with Gasteiger partial charge in [-0.05, 0) is 29.7 Å². The Morgan fingerprint density at radius 1 is 1.13 bits per heavy atom. The molecular formula is C23H24N2O4S. The Labute approximate surface area is 180 Å². The molecule has 0 bridgehead atoms. The van der Waals surface area contributed by atoms with Gasteiger partial charge in [-0.25, -0.2) is 4.98 Å². The van der Waals surface area contributed by atoms with Gasteiger partial charge in [-0.3, -0.25) is 4.79 Å². The minimum atomic E-state index is 0.0408. The fourth-order valence-electron chi connectivity index (χ4n) is 3.26. The summed E-state index contributed by atoms with van der Waals surface area (Å²) in [6.45, 7) is 1.70. The largest absolute Gasteiger partial charge is 0.493 e. The van der Waals surface area contributed by atoms with E-state index in [-0.39, 0.29) is 12.0 Å². The molecule has 1 aliphatic heterocycles. The van der Waals surface area contributed by atoms with Gasteiger partial charge in [-0.1, -0.05) is 47.7 Å². The van der Waals surface area contributed by atoms with Crippen molar-refractivity contribution < 1.29 is 19.0 Å². The summed E-state index contributed by atoms with van der Waals surface area (Å²) in [4.78, 5) is 18.4. The van der Waals surface area contributed by atoms with Gasteiger partial charge in [0.25, 0.3) is 5.19 Å².